The molecule has 0 amide bonds. The second-order valence-electron chi connectivity index (χ2n) is 6.14. The quantitative estimate of drug-likeness (QED) is 0.470. The van der Waals surface area contributed by atoms with Crippen molar-refractivity contribution in [3.63, 3.8) is 0 Å². The third-order valence-electron chi connectivity index (χ3n) is 4.48. The third-order valence-corrected chi connectivity index (χ3v) is 6.74. The van der Waals surface area contributed by atoms with Crippen LogP contribution < -0.4 is 0 Å². The first-order valence-corrected chi connectivity index (χ1v) is 9.79. The van der Waals surface area contributed by atoms with E-state index >= 15 is 0 Å². The minimum atomic E-state index is -0.285. The van der Waals surface area contributed by atoms with E-state index in [2.05, 4.69) is 17.1 Å². The van der Waals surface area contributed by atoms with Crippen LogP contribution in [0.5, 0.6) is 0 Å². The average molecular weight is 379 g/mol. The van der Waals surface area contributed by atoms with E-state index < -0.39 is 0 Å². The first-order valence-electron chi connectivity index (χ1n) is 8.16. The summed E-state index contributed by atoms with van der Waals surface area (Å²) in [5.41, 5.74) is 1.22. The lowest BCUT2D eigenvalue weighted by Crippen LogP contribution is -2.38. The summed E-state index contributed by atoms with van der Waals surface area (Å²) in [6.07, 6.45) is 3.83. The molecule has 25 heavy (non-hydrogen) atoms. The van der Waals surface area contributed by atoms with Crippen molar-refractivity contribution in [3.8, 4) is 0 Å². The molecule has 1 aromatic heterocycles. The Balaban J connectivity index is 1.75. The third kappa shape index (κ3) is 4.06. The number of nitrogens with zero attached hydrogens (tertiary/aromatic N) is 2. The van der Waals surface area contributed by atoms with Crippen LogP contribution in [0.1, 0.15) is 37.1 Å². The van der Waals surface area contributed by atoms with E-state index in [4.69, 9.17) is 14.7 Å². The summed E-state index contributed by atoms with van der Waals surface area (Å²) in [7, 11) is 1.77. The van der Waals surface area contributed by atoms with Crippen molar-refractivity contribution in [1.82, 2.24) is 4.98 Å². The molecule has 0 saturated carbocycles. The highest BCUT2D eigenvalue weighted by Gasteiger charge is 2.39. The summed E-state index contributed by atoms with van der Waals surface area (Å²) in [5, 5.41) is 12.1. The van der Waals surface area contributed by atoms with E-state index in [9.17, 15) is 0 Å². The molecular formula is C18H22N2O3S2. The smallest absolute Gasteiger partial charge is 0.154 e. The minimum absolute atomic E-state index is 0.191. The number of rotatable bonds is 5. The summed E-state index contributed by atoms with van der Waals surface area (Å²) < 4.78 is 12.6. The van der Waals surface area contributed by atoms with Gasteiger partial charge in [0.1, 0.15) is 5.60 Å². The lowest BCUT2D eigenvalue weighted by molar-refractivity contribution is -0.120. The van der Waals surface area contributed by atoms with Gasteiger partial charge in [0, 0.05) is 31.0 Å². The number of hydrogen-bond acceptors (Lipinski definition) is 7. The van der Waals surface area contributed by atoms with E-state index in [1.54, 1.807) is 37.1 Å². The van der Waals surface area contributed by atoms with Gasteiger partial charge in [-0.05, 0) is 31.5 Å². The highest BCUT2D eigenvalue weighted by molar-refractivity contribution is 8.01. The normalized spacial score (nSPS) is 24.4. The van der Waals surface area contributed by atoms with E-state index in [1.807, 2.05) is 30.5 Å². The van der Waals surface area contributed by atoms with Gasteiger partial charge < -0.3 is 14.7 Å². The highest BCUT2D eigenvalue weighted by Crippen LogP contribution is 2.43. The molecule has 1 aliphatic heterocycles. The summed E-state index contributed by atoms with van der Waals surface area (Å²) in [4.78, 5) is 6.83. The molecule has 1 aliphatic rings. The Hall–Kier alpha value is -1.41. The van der Waals surface area contributed by atoms with Gasteiger partial charge in [0.05, 0.1) is 23.3 Å². The average Bonchev–Trinajstić information content (AvgIpc) is 3.10. The first-order chi connectivity index (χ1) is 12.1. The Morgan fingerprint density at radius 1 is 1.44 bits per heavy atom. The minimum Gasteiger partial charge on any atom is -0.411 e. The molecule has 0 aliphatic carbocycles. The van der Waals surface area contributed by atoms with Gasteiger partial charge >= 0.3 is 0 Å². The van der Waals surface area contributed by atoms with Gasteiger partial charge in [-0.1, -0.05) is 29.1 Å². The van der Waals surface area contributed by atoms with Crippen molar-refractivity contribution >= 4 is 28.8 Å². The topological polar surface area (TPSA) is 63.9 Å². The van der Waals surface area contributed by atoms with E-state index in [0.717, 1.165) is 32.5 Å². The van der Waals surface area contributed by atoms with Crippen LogP contribution in [-0.2, 0) is 15.1 Å². The van der Waals surface area contributed by atoms with Crippen LogP contribution in [0.3, 0.4) is 0 Å². The van der Waals surface area contributed by atoms with Crippen molar-refractivity contribution < 1.29 is 14.7 Å². The largest absolute Gasteiger partial charge is 0.411 e. The molecule has 1 N–H and O–H groups in total. The van der Waals surface area contributed by atoms with Crippen molar-refractivity contribution in [1.29, 1.82) is 0 Å². The van der Waals surface area contributed by atoms with Crippen LogP contribution in [0.15, 0.2) is 44.9 Å². The Kier molecular flexibility index (Phi) is 5.78. The van der Waals surface area contributed by atoms with Crippen molar-refractivity contribution in [2.75, 3.05) is 13.7 Å². The molecule has 2 heterocycles. The molecule has 0 unspecified atom stereocenters. The highest BCUT2D eigenvalue weighted by atomic mass is 32.2. The first kappa shape index (κ1) is 18.4. The summed E-state index contributed by atoms with van der Waals surface area (Å²) >= 11 is 3.31. The Morgan fingerprint density at radius 2 is 2.20 bits per heavy atom. The SMILES string of the molecule is CO[C@@]1(c2cnc(Sc3ccc(/C(C)=N\O)cc3)s2)CCO[C@@H](C)C1. The number of aromatic nitrogens is 1. The van der Waals surface area contributed by atoms with Crippen LogP contribution in [0, 0.1) is 0 Å². The van der Waals surface area contributed by atoms with Gasteiger partial charge in [-0.15, -0.1) is 11.3 Å². The molecule has 2 aromatic rings. The monoisotopic (exact) mass is 378 g/mol. The number of oxime groups is 1. The maximum absolute atomic E-state index is 8.84. The van der Waals surface area contributed by atoms with E-state index in [1.165, 1.54) is 0 Å². The molecule has 0 radical (unpaired) electrons. The lowest BCUT2D eigenvalue weighted by atomic mass is 9.89. The fraction of sp³-hybridized carbons (Fsp3) is 0.444. The zero-order chi connectivity index (χ0) is 17.9. The van der Waals surface area contributed by atoms with Gasteiger partial charge in [-0.25, -0.2) is 4.98 Å². The molecule has 7 heteroatoms. The second kappa shape index (κ2) is 7.86. The molecule has 1 saturated heterocycles. The number of methoxy groups -OCH3 is 1. The molecule has 3 rings (SSSR count). The predicted molar refractivity (Wildman–Crippen MR) is 100 cm³/mol. The molecule has 0 spiro atoms. The zero-order valence-corrected chi connectivity index (χ0v) is 16.2. The number of hydrogen-bond donors (Lipinski definition) is 1. The molecule has 5 nitrogen and oxygen atoms in total. The lowest BCUT2D eigenvalue weighted by Gasteiger charge is -2.37. The Labute approximate surface area is 156 Å². The molecule has 2 atom stereocenters. The van der Waals surface area contributed by atoms with Crippen LogP contribution in [-0.4, -0.2) is 35.7 Å². The van der Waals surface area contributed by atoms with E-state index in [0.29, 0.717) is 12.3 Å². The van der Waals surface area contributed by atoms with Crippen molar-refractivity contribution in [2.45, 2.75) is 47.6 Å². The van der Waals surface area contributed by atoms with Gasteiger partial charge in [-0.3, -0.25) is 0 Å². The van der Waals surface area contributed by atoms with Gasteiger partial charge in [-0.2, -0.15) is 0 Å². The van der Waals surface area contributed by atoms with Crippen molar-refractivity contribution in [2.24, 2.45) is 5.16 Å². The molecular weight excluding hydrogens is 356 g/mol. The number of benzene rings is 1. The van der Waals surface area contributed by atoms with Gasteiger partial charge in [0.25, 0.3) is 0 Å². The maximum atomic E-state index is 8.84. The van der Waals surface area contributed by atoms with Crippen LogP contribution in [0.4, 0.5) is 0 Å². The van der Waals surface area contributed by atoms with E-state index in [-0.39, 0.29) is 11.7 Å². The predicted octanol–water partition coefficient (Wildman–Crippen LogP) is 4.53. The molecule has 1 aromatic carbocycles. The Bertz CT molecular complexity index is 745. The number of ether oxygens (including phenoxy) is 2. The van der Waals surface area contributed by atoms with Crippen LogP contribution >= 0.6 is 23.1 Å². The fourth-order valence-corrected chi connectivity index (χ4v) is 5.16. The van der Waals surface area contributed by atoms with Gasteiger partial charge in [0.2, 0.25) is 0 Å². The van der Waals surface area contributed by atoms with Crippen molar-refractivity contribution in [3.05, 3.63) is 40.9 Å². The van der Waals surface area contributed by atoms with Crippen LogP contribution in [0.25, 0.3) is 0 Å². The van der Waals surface area contributed by atoms with Crippen LogP contribution in [0.2, 0.25) is 0 Å². The summed E-state index contributed by atoms with van der Waals surface area (Å²) in [5.74, 6) is 0. The fourth-order valence-electron chi connectivity index (χ4n) is 3.00. The second-order valence-corrected chi connectivity index (χ2v) is 8.49. The molecule has 134 valence electrons. The van der Waals surface area contributed by atoms with Gasteiger partial charge in [0.15, 0.2) is 4.34 Å². The molecule has 0 bridgehead atoms. The Morgan fingerprint density at radius 3 is 2.84 bits per heavy atom. The standard InChI is InChI=1S/C18H22N2O3S2/c1-12-10-18(22-3,8-9-23-12)16-11-19-17(25-16)24-15-6-4-14(5-7-15)13(2)20-21/h4-7,11-12,21H,8-10H2,1-3H3/b20-13-/t12-,18-/m0/s1. The molecule has 1 fully saturated rings. The summed E-state index contributed by atoms with van der Waals surface area (Å²) in [6.45, 7) is 4.57. The zero-order valence-electron chi connectivity index (χ0n) is 14.6. The maximum Gasteiger partial charge on any atom is 0.154 e. The number of thiazole rings is 1. The summed E-state index contributed by atoms with van der Waals surface area (Å²) in [6, 6.07) is 7.92.